The smallest absolute Gasteiger partial charge is 0.159 e. The summed E-state index contributed by atoms with van der Waals surface area (Å²) in [4.78, 5) is 13.9. The first-order chi connectivity index (χ1) is 8.72. The second kappa shape index (κ2) is 6.01. The Kier molecular flexibility index (Phi) is 4.37. The third-order valence-corrected chi connectivity index (χ3v) is 3.71. The third kappa shape index (κ3) is 2.91. The minimum absolute atomic E-state index is 0.129. The maximum Gasteiger partial charge on any atom is 0.159 e. The normalized spacial score (nSPS) is 19.9. The molecule has 1 atom stereocenters. The van der Waals surface area contributed by atoms with Crippen molar-refractivity contribution in [3.63, 3.8) is 0 Å². The number of rotatable bonds is 4. The Morgan fingerprint density at radius 3 is 3.00 bits per heavy atom. The lowest BCUT2D eigenvalue weighted by Crippen LogP contribution is -2.40. The van der Waals surface area contributed by atoms with Crippen LogP contribution in [-0.4, -0.2) is 24.9 Å². The maximum atomic E-state index is 11.4. The lowest BCUT2D eigenvalue weighted by molar-refractivity contribution is 0.101. The highest BCUT2D eigenvalue weighted by molar-refractivity contribution is 5.95. The van der Waals surface area contributed by atoms with Crippen molar-refractivity contribution < 1.29 is 4.79 Å². The summed E-state index contributed by atoms with van der Waals surface area (Å²) in [5.41, 5.74) is 7.66. The zero-order valence-corrected chi connectivity index (χ0v) is 11.1. The summed E-state index contributed by atoms with van der Waals surface area (Å²) in [6.45, 7) is 3.42. The minimum atomic E-state index is 0.129. The van der Waals surface area contributed by atoms with Crippen molar-refractivity contribution in [1.29, 1.82) is 0 Å². The fourth-order valence-electron chi connectivity index (χ4n) is 2.74. The Morgan fingerprint density at radius 2 is 2.28 bits per heavy atom. The Labute approximate surface area is 109 Å². The van der Waals surface area contributed by atoms with E-state index < -0.39 is 0 Å². The molecule has 0 aromatic heterocycles. The summed E-state index contributed by atoms with van der Waals surface area (Å²) in [5.74, 6) is 0.129. The quantitative estimate of drug-likeness (QED) is 0.831. The van der Waals surface area contributed by atoms with Crippen LogP contribution in [0, 0.1) is 0 Å². The Morgan fingerprint density at radius 1 is 1.44 bits per heavy atom. The van der Waals surface area contributed by atoms with Gasteiger partial charge < -0.3 is 10.6 Å². The van der Waals surface area contributed by atoms with Crippen LogP contribution in [0.5, 0.6) is 0 Å². The number of ketones is 1. The molecule has 0 bridgehead atoms. The fraction of sp³-hybridized carbons (Fsp3) is 0.533. The summed E-state index contributed by atoms with van der Waals surface area (Å²) < 4.78 is 0. The van der Waals surface area contributed by atoms with Crippen molar-refractivity contribution in [2.45, 2.75) is 38.6 Å². The Hall–Kier alpha value is -1.35. The summed E-state index contributed by atoms with van der Waals surface area (Å²) in [6, 6.07) is 8.50. The molecular weight excluding hydrogens is 224 g/mol. The van der Waals surface area contributed by atoms with Crippen LogP contribution in [0.25, 0.3) is 0 Å². The van der Waals surface area contributed by atoms with E-state index in [9.17, 15) is 4.79 Å². The van der Waals surface area contributed by atoms with Crippen molar-refractivity contribution in [3.05, 3.63) is 29.8 Å². The molecule has 18 heavy (non-hydrogen) atoms. The summed E-state index contributed by atoms with van der Waals surface area (Å²) in [5, 5.41) is 0. The molecule has 98 valence electrons. The molecule has 2 rings (SSSR count). The minimum Gasteiger partial charge on any atom is -0.368 e. The summed E-state index contributed by atoms with van der Waals surface area (Å²) in [7, 11) is 0. The van der Waals surface area contributed by atoms with Gasteiger partial charge in [0.2, 0.25) is 0 Å². The molecule has 1 heterocycles. The highest BCUT2D eigenvalue weighted by atomic mass is 16.1. The standard InChI is InChI=1S/C15H22N2O/c1-12(18)13-5-4-7-15(11-13)17-10-3-2-6-14(17)8-9-16/h4-5,7,11,14H,2-3,6,8-10,16H2,1H3. The number of carbonyl (C=O) groups is 1. The van der Waals surface area contributed by atoms with Gasteiger partial charge in [-0.3, -0.25) is 4.79 Å². The average Bonchev–Trinajstić information content (AvgIpc) is 2.40. The molecule has 3 nitrogen and oxygen atoms in total. The molecule has 2 N–H and O–H groups in total. The fourth-order valence-corrected chi connectivity index (χ4v) is 2.74. The second-order valence-corrected chi connectivity index (χ2v) is 5.03. The molecule has 0 aliphatic carbocycles. The van der Waals surface area contributed by atoms with Crippen molar-refractivity contribution in [2.75, 3.05) is 18.0 Å². The Balaban J connectivity index is 2.22. The highest BCUT2D eigenvalue weighted by Crippen LogP contribution is 2.27. The van der Waals surface area contributed by atoms with E-state index in [0.29, 0.717) is 6.04 Å². The molecule has 1 saturated heterocycles. The van der Waals surface area contributed by atoms with E-state index in [0.717, 1.165) is 25.1 Å². The number of nitrogens with two attached hydrogens (primary N) is 1. The molecule has 1 aliphatic heterocycles. The third-order valence-electron chi connectivity index (χ3n) is 3.71. The van der Waals surface area contributed by atoms with E-state index in [4.69, 9.17) is 5.73 Å². The molecule has 1 fully saturated rings. The molecule has 0 radical (unpaired) electrons. The van der Waals surface area contributed by atoms with Gasteiger partial charge in [-0.05, 0) is 51.3 Å². The SMILES string of the molecule is CC(=O)c1cccc(N2CCCCC2CCN)c1. The van der Waals surface area contributed by atoms with Crippen LogP contribution in [0.15, 0.2) is 24.3 Å². The van der Waals surface area contributed by atoms with Gasteiger partial charge in [0.05, 0.1) is 0 Å². The van der Waals surface area contributed by atoms with Crippen LogP contribution >= 0.6 is 0 Å². The van der Waals surface area contributed by atoms with Crippen LogP contribution in [-0.2, 0) is 0 Å². The molecular formula is C15H22N2O. The molecule has 1 aliphatic rings. The van der Waals surface area contributed by atoms with Crippen LogP contribution in [0.2, 0.25) is 0 Å². The molecule has 1 aromatic carbocycles. The molecule has 3 heteroatoms. The molecule has 0 spiro atoms. The summed E-state index contributed by atoms with van der Waals surface area (Å²) >= 11 is 0. The van der Waals surface area contributed by atoms with E-state index in [2.05, 4.69) is 11.0 Å². The summed E-state index contributed by atoms with van der Waals surface area (Å²) in [6.07, 6.45) is 4.75. The largest absolute Gasteiger partial charge is 0.368 e. The number of piperidine rings is 1. The van der Waals surface area contributed by atoms with Gasteiger partial charge in [0, 0.05) is 23.8 Å². The number of nitrogens with zero attached hydrogens (tertiary/aromatic N) is 1. The van der Waals surface area contributed by atoms with Gasteiger partial charge in [0.1, 0.15) is 0 Å². The van der Waals surface area contributed by atoms with Gasteiger partial charge in [0.15, 0.2) is 5.78 Å². The first kappa shape index (κ1) is 13.1. The maximum absolute atomic E-state index is 11.4. The van der Waals surface area contributed by atoms with Gasteiger partial charge in [-0.1, -0.05) is 12.1 Å². The van der Waals surface area contributed by atoms with Crippen LogP contribution < -0.4 is 10.6 Å². The van der Waals surface area contributed by atoms with Crippen molar-refractivity contribution >= 4 is 11.5 Å². The molecule has 0 saturated carbocycles. The zero-order valence-electron chi connectivity index (χ0n) is 11.1. The molecule has 1 unspecified atom stereocenters. The van der Waals surface area contributed by atoms with Gasteiger partial charge in [-0.25, -0.2) is 0 Å². The predicted molar refractivity (Wildman–Crippen MR) is 75.1 cm³/mol. The topological polar surface area (TPSA) is 46.3 Å². The van der Waals surface area contributed by atoms with E-state index in [1.54, 1.807) is 6.92 Å². The number of carbonyl (C=O) groups excluding carboxylic acids is 1. The van der Waals surface area contributed by atoms with E-state index in [1.165, 1.54) is 24.9 Å². The first-order valence-corrected chi connectivity index (χ1v) is 6.80. The van der Waals surface area contributed by atoms with Crippen molar-refractivity contribution in [1.82, 2.24) is 0 Å². The lowest BCUT2D eigenvalue weighted by Gasteiger charge is -2.37. The van der Waals surface area contributed by atoms with Crippen LogP contribution in [0.4, 0.5) is 5.69 Å². The number of benzene rings is 1. The van der Waals surface area contributed by atoms with Gasteiger partial charge >= 0.3 is 0 Å². The second-order valence-electron chi connectivity index (χ2n) is 5.03. The van der Waals surface area contributed by atoms with E-state index >= 15 is 0 Å². The van der Waals surface area contributed by atoms with Crippen LogP contribution in [0.3, 0.4) is 0 Å². The predicted octanol–water partition coefficient (Wildman–Crippen LogP) is 2.60. The Bertz CT molecular complexity index is 415. The first-order valence-electron chi connectivity index (χ1n) is 6.80. The van der Waals surface area contributed by atoms with Gasteiger partial charge in [-0.2, -0.15) is 0 Å². The number of hydrogen-bond acceptors (Lipinski definition) is 3. The van der Waals surface area contributed by atoms with Gasteiger partial charge in [0.25, 0.3) is 0 Å². The monoisotopic (exact) mass is 246 g/mol. The van der Waals surface area contributed by atoms with Gasteiger partial charge in [-0.15, -0.1) is 0 Å². The van der Waals surface area contributed by atoms with E-state index in [-0.39, 0.29) is 5.78 Å². The molecule has 1 aromatic rings. The number of anilines is 1. The molecule has 0 amide bonds. The average molecular weight is 246 g/mol. The number of Topliss-reactive ketones (excluding diaryl/α,β-unsaturated/α-hetero) is 1. The van der Waals surface area contributed by atoms with Crippen molar-refractivity contribution in [3.8, 4) is 0 Å². The zero-order chi connectivity index (χ0) is 13.0. The number of hydrogen-bond donors (Lipinski definition) is 1. The van der Waals surface area contributed by atoms with Crippen LogP contribution in [0.1, 0.15) is 43.0 Å². The highest BCUT2D eigenvalue weighted by Gasteiger charge is 2.22. The van der Waals surface area contributed by atoms with Crippen molar-refractivity contribution in [2.24, 2.45) is 5.73 Å². The van der Waals surface area contributed by atoms with E-state index in [1.807, 2.05) is 18.2 Å². The lowest BCUT2D eigenvalue weighted by atomic mass is 9.98.